The largest absolute Gasteiger partial charge is 0.391 e. The SMILES string of the molecule is CCCCCCCCc1ccc(-c2ccc(NC[C@@H]([C@H](C)O)N(c3ccc(-c4ccc(CCCCCCCC)cc4)cc3)C(C)(O)C(N)C(N)=O)cc2)cc1. The van der Waals surface area contributed by atoms with Gasteiger partial charge in [0.2, 0.25) is 5.91 Å². The van der Waals surface area contributed by atoms with Crippen LogP contribution in [-0.2, 0) is 17.6 Å². The number of rotatable bonds is 25. The first-order chi connectivity index (χ1) is 26.5. The quantitative estimate of drug-likeness (QED) is 0.0340. The van der Waals surface area contributed by atoms with Crippen molar-refractivity contribution in [2.75, 3.05) is 16.8 Å². The van der Waals surface area contributed by atoms with Crippen molar-refractivity contribution >= 4 is 17.3 Å². The van der Waals surface area contributed by atoms with Crippen LogP contribution in [0.25, 0.3) is 22.3 Å². The summed E-state index contributed by atoms with van der Waals surface area (Å²) in [4.78, 5) is 14.0. The fourth-order valence-electron chi connectivity index (χ4n) is 7.45. The van der Waals surface area contributed by atoms with Crippen molar-refractivity contribution in [1.29, 1.82) is 0 Å². The number of nitrogens with two attached hydrogens (primary N) is 2. The molecule has 0 fully saturated rings. The van der Waals surface area contributed by atoms with Gasteiger partial charge in [0, 0.05) is 17.9 Å². The van der Waals surface area contributed by atoms with E-state index < -0.39 is 29.8 Å². The minimum Gasteiger partial charge on any atom is -0.391 e. The Balaban J connectivity index is 1.44. The van der Waals surface area contributed by atoms with E-state index in [-0.39, 0.29) is 6.54 Å². The molecule has 0 heterocycles. The summed E-state index contributed by atoms with van der Waals surface area (Å²) in [5.41, 5.74) is 18.5. The van der Waals surface area contributed by atoms with Crippen LogP contribution in [0.4, 0.5) is 11.4 Å². The van der Waals surface area contributed by atoms with Crippen molar-refractivity contribution in [3.63, 3.8) is 0 Å². The third-order valence-corrected chi connectivity index (χ3v) is 11.0. The molecule has 0 aliphatic heterocycles. The van der Waals surface area contributed by atoms with Gasteiger partial charge in [0.05, 0.1) is 12.1 Å². The summed E-state index contributed by atoms with van der Waals surface area (Å²) in [5, 5.41) is 26.5. The number of aliphatic hydroxyl groups excluding tert-OH is 1. The molecule has 55 heavy (non-hydrogen) atoms. The standard InChI is InChI=1S/C48H68N4O3/c1-5-7-9-11-13-15-17-37-19-23-39(24-20-37)41-27-31-43(32-28-41)51-35-45(36(3)53)52(48(4,55)46(49)47(50)54)44-33-29-42(30-34-44)40-25-21-38(22-26-40)18-16-14-12-10-8-6-2/h19-34,36,45-46,51,53,55H,5-18,35,49H2,1-4H3,(H2,50,54)/t36-,45-,46?,48?/m0/s1. The van der Waals surface area contributed by atoms with Crippen LogP contribution < -0.4 is 21.7 Å². The Morgan fingerprint density at radius 1 is 0.655 bits per heavy atom. The molecule has 0 radical (unpaired) electrons. The van der Waals surface area contributed by atoms with Gasteiger partial charge in [-0.3, -0.25) is 4.79 Å². The lowest BCUT2D eigenvalue weighted by Crippen LogP contribution is -2.68. The molecule has 298 valence electrons. The molecule has 0 saturated carbocycles. The van der Waals surface area contributed by atoms with E-state index in [1.165, 1.54) is 95.1 Å². The minimum atomic E-state index is -1.90. The predicted octanol–water partition coefficient (Wildman–Crippen LogP) is 10.0. The van der Waals surface area contributed by atoms with Crippen LogP contribution >= 0.6 is 0 Å². The number of hydrogen-bond donors (Lipinski definition) is 5. The summed E-state index contributed by atoms with van der Waals surface area (Å²) in [6.45, 7) is 7.90. The third kappa shape index (κ3) is 13.2. The smallest absolute Gasteiger partial charge is 0.239 e. The van der Waals surface area contributed by atoms with E-state index in [4.69, 9.17) is 11.5 Å². The molecule has 2 unspecified atom stereocenters. The highest BCUT2D eigenvalue weighted by Gasteiger charge is 2.44. The highest BCUT2D eigenvalue weighted by molar-refractivity contribution is 5.82. The van der Waals surface area contributed by atoms with Gasteiger partial charge in [-0.1, -0.05) is 151 Å². The molecule has 7 nitrogen and oxygen atoms in total. The molecule has 4 atom stereocenters. The number of aryl methyl sites for hydroxylation is 2. The number of hydrogen-bond acceptors (Lipinski definition) is 6. The Labute approximate surface area is 331 Å². The molecule has 0 aliphatic carbocycles. The van der Waals surface area contributed by atoms with Crippen molar-refractivity contribution in [3.05, 3.63) is 108 Å². The van der Waals surface area contributed by atoms with Crippen molar-refractivity contribution < 1.29 is 15.0 Å². The maximum atomic E-state index is 12.3. The normalized spacial score (nSPS) is 14.2. The van der Waals surface area contributed by atoms with Gasteiger partial charge in [-0.05, 0) is 97.2 Å². The highest BCUT2D eigenvalue weighted by atomic mass is 16.3. The molecule has 0 bridgehead atoms. The van der Waals surface area contributed by atoms with Crippen LogP contribution in [0.2, 0.25) is 0 Å². The number of primary amides is 1. The summed E-state index contributed by atoms with van der Waals surface area (Å²) in [6.07, 6.45) is 16.8. The van der Waals surface area contributed by atoms with Crippen molar-refractivity contribution in [2.24, 2.45) is 11.5 Å². The Morgan fingerprint density at radius 2 is 1.04 bits per heavy atom. The summed E-state index contributed by atoms with van der Waals surface area (Å²) in [7, 11) is 0. The van der Waals surface area contributed by atoms with E-state index in [9.17, 15) is 15.0 Å². The molecular formula is C48H68N4O3. The average Bonchev–Trinajstić information content (AvgIpc) is 3.19. The number of carbonyl (C=O) groups is 1. The maximum absolute atomic E-state index is 12.3. The second-order valence-corrected chi connectivity index (χ2v) is 15.6. The van der Waals surface area contributed by atoms with Crippen molar-refractivity contribution in [3.8, 4) is 22.3 Å². The van der Waals surface area contributed by atoms with E-state index in [0.29, 0.717) is 5.69 Å². The Morgan fingerprint density at radius 3 is 1.44 bits per heavy atom. The number of carbonyl (C=O) groups excluding carboxylic acids is 1. The number of amides is 1. The molecule has 4 aromatic carbocycles. The van der Waals surface area contributed by atoms with Gasteiger partial charge >= 0.3 is 0 Å². The molecule has 7 heteroatoms. The highest BCUT2D eigenvalue weighted by Crippen LogP contribution is 2.32. The van der Waals surface area contributed by atoms with Gasteiger partial charge in [0.25, 0.3) is 0 Å². The summed E-state index contributed by atoms with van der Waals surface area (Å²) in [5.74, 6) is -0.837. The molecule has 0 saturated heterocycles. The number of aliphatic hydroxyl groups is 2. The Kier molecular flexibility index (Phi) is 17.7. The monoisotopic (exact) mass is 749 g/mol. The molecule has 0 aromatic heterocycles. The molecule has 7 N–H and O–H groups in total. The van der Waals surface area contributed by atoms with Crippen LogP contribution in [0, 0.1) is 0 Å². The first kappa shape index (κ1) is 43.6. The molecular weight excluding hydrogens is 681 g/mol. The predicted molar refractivity (Wildman–Crippen MR) is 232 cm³/mol. The molecule has 0 spiro atoms. The van der Waals surface area contributed by atoms with Crippen LogP contribution in [0.15, 0.2) is 97.1 Å². The summed E-state index contributed by atoms with van der Waals surface area (Å²) < 4.78 is 0. The zero-order valence-electron chi connectivity index (χ0n) is 34.0. The van der Waals surface area contributed by atoms with Crippen LogP contribution in [0.5, 0.6) is 0 Å². The lowest BCUT2D eigenvalue weighted by molar-refractivity contribution is -0.125. The Hall–Kier alpha value is -4.17. The van der Waals surface area contributed by atoms with E-state index >= 15 is 0 Å². The summed E-state index contributed by atoms with van der Waals surface area (Å²) in [6, 6.07) is 31.4. The maximum Gasteiger partial charge on any atom is 0.239 e. The molecule has 4 aromatic rings. The van der Waals surface area contributed by atoms with Gasteiger partial charge in [-0.25, -0.2) is 0 Å². The van der Waals surface area contributed by atoms with Gasteiger partial charge in [-0.15, -0.1) is 0 Å². The fraction of sp³-hybridized carbons (Fsp3) is 0.479. The van der Waals surface area contributed by atoms with E-state index in [1.807, 2.05) is 36.4 Å². The van der Waals surface area contributed by atoms with Crippen LogP contribution in [0.1, 0.15) is 116 Å². The number of anilines is 2. The lowest BCUT2D eigenvalue weighted by atomic mass is 9.96. The van der Waals surface area contributed by atoms with Gasteiger partial charge in [0.1, 0.15) is 6.04 Å². The van der Waals surface area contributed by atoms with Crippen LogP contribution in [-0.4, -0.2) is 46.6 Å². The topological polar surface area (TPSA) is 125 Å². The molecule has 4 rings (SSSR count). The Bertz CT molecular complexity index is 1670. The van der Waals surface area contributed by atoms with Gasteiger partial charge < -0.3 is 31.9 Å². The molecule has 1 amide bonds. The zero-order chi connectivity index (χ0) is 39.6. The van der Waals surface area contributed by atoms with Gasteiger partial charge in [-0.2, -0.15) is 0 Å². The zero-order valence-corrected chi connectivity index (χ0v) is 34.0. The average molecular weight is 749 g/mol. The van der Waals surface area contributed by atoms with E-state index in [0.717, 1.165) is 40.8 Å². The third-order valence-electron chi connectivity index (χ3n) is 11.0. The van der Waals surface area contributed by atoms with Crippen molar-refractivity contribution in [1.82, 2.24) is 0 Å². The molecule has 0 aliphatic rings. The van der Waals surface area contributed by atoms with E-state index in [1.54, 1.807) is 11.8 Å². The van der Waals surface area contributed by atoms with E-state index in [2.05, 4.69) is 79.8 Å². The van der Waals surface area contributed by atoms with Crippen LogP contribution in [0.3, 0.4) is 0 Å². The first-order valence-corrected chi connectivity index (χ1v) is 20.9. The number of unbranched alkanes of at least 4 members (excludes halogenated alkanes) is 10. The second-order valence-electron chi connectivity index (χ2n) is 15.6. The minimum absolute atomic E-state index is 0.258. The van der Waals surface area contributed by atoms with Crippen molar-refractivity contribution in [2.45, 2.75) is 141 Å². The number of nitrogens with zero attached hydrogens (tertiary/aromatic N) is 1. The number of benzene rings is 4. The number of nitrogens with one attached hydrogen (secondary N) is 1. The first-order valence-electron chi connectivity index (χ1n) is 20.9. The lowest BCUT2D eigenvalue weighted by Gasteiger charge is -2.47. The summed E-state index contributed by atoms with van der Waals surface area (Å²) >= 11 is 0. The fourth-order valence-corrected chi connectivity index (χ4v) is 7.45. The second kappa shape index (κ2) is 22.4. The van der Waals surface area contributed by atoms with Gasteiger partial charge in [0.15, 0.2) is 5.72 Å².